The summed E-state index contributed by atoms with van der Waals surface area (Å²) in [4.78, 5) is 14.2. The lowest BCUT2D eigenvalue weighted by atomic mass is 9.94. The lowest BCUT2D eigenvalue weighted by molar-refractivity contribution is -0.133. The molecule has 1 fully saturated rings. The van der Waals surface area contributed by atoms with E-state index in [9.17, 15) is 4.79 Å². The fourth-order valence-electron chi connectivity index (χ4n) is 2.96. The topological polar surface area (TPSA) is 29.5 Å². The molecule has 1 aliphatic rings. The van der Waals surface area contributed by atoms with Gasteiger partial charge in [0.2, 0.25) is 5.91 Å². The van der Waals surface area contributed by atoms with Gasteiger partial charge in [0.05, 0.1) is 13.0 Å². The second-order valence-corrected chi connectivity index (χ2v) is 6.16. The maximum Gasteiger partial charge on any atom is 0.225 e. The van der Waals surface area contributed by atoms with Gasteiger partial charge in [-0.15, -0.1) is 0 Å². The Hall–Kier alpha value is -1.51. The molecule has 0 radical (unpaired) electrons. The first-order valence-corrected chi connectivity index (χ1v) is 8.03. The highest BCUT2D eigenvalue weighted by molar-refractivity contribution is 5.76. The summed E-state index contributed by atoms with van der Waals surface area (Å²) in [5.41, 5.74) is 2.30. The molecule has 0 aromatic heterocycles. The fraction of sp³-hybridized carbons (Fsp3) is 0.611. The SMILES string of the molecule is Cc1ccc(C)c(OCCC(=O)N(C)C2CCCCC2)c1. The third kappa shape index (κ3) is 4.48. The third-order valence-electron chi connectivity index (χ3n) is 4.43. The second-order valence-electron chi connectivity index (χ2n) is 6.16. The van der Waals surface area contributed by atoms with Crippen LogP contribution in [0.25, 0.3) is 0 Å². The normalized spacial score (nSPS) is 15.8. The summed E-state index contributed by atoms with van der Waals surface area (Å²) in [5, 5.41) is 0. The van der Waals surface area contributed by atoms with Crippen LogP contribution >= 0.6 is 0 Å². The van der Waals surface area contributed by atoms with Crippen molar-refractivity contribution in [1.29, 1.82) is 0 Å². The summed E-state index contributed by atoms with van der Waals surface area (Å²) in [6.07, 6.45) is 6.58. The zero-order valence-corrected chi connectivity index (χ0v) is 13.5. The van der Waals surface area contributed by atoms with Crippen LogP contribution in [0.2, 0.25) is 0 Å². The molecule has 1 aliphatic carbocycles. The summed E-state index contributed by atoms with van der Waals surface area (Å²) in [7, 11) is 1.94. The molecule has 1 aromatic carbocycles. The van der Waals surface area contributed by atoms with E-state index in [0.717, 1.165) is 24.2 Å². The number of carbonyl (C=O) groups excluding carboxylic acids is 1. The van der Waals surface area contributed by atoms with Gasteiger partial charge in [0.1, 0.15) is 5.75 Å². The van der Waals surface area contributed by atoms with Crippen LogP contribution in [0, 0.1) is 13.8 Å². The molecule has 0 aliphatic heterocycles. The number of benzene rings is 1. The molecule has 2 rings (SSSR count). The molecule has 0 atom stereocenters. The number of hydrogen-bond donors (Lipinski definition) is 0. The van der Waals surface area contributed by atoms with Crippen LogP contribution < -0.4 is 4.74 Å². The van der Waals surface area contributed by atoms with Gasteiger partial charge < -0.3 is 9.64 Å². The van der Waals surface area contributed by atoms with Gasteiger partial charge >= 0.3 is 0 Å². The highest BCUT2D eigenvalue weighted by atomic mass is 16.5. The highest BCUT2D eigenvalue weighted by Crippen LogP contribution is 2.22. The van der Waals surface area contributed by atoms with Gasteiger partial charge in [0.25, 0.3) is 0 Å². The van der Waals surface area contributed by atoms with E-state index in [-0.39, 0.29) is 5.91 Å². The van der Waals surface area contributed by atoms with Crippen LogP contribution in [0.15, 0.2) is 18.2 Å². The van der Waals surface area contributed by atoms with E-state index in [2.05, 4.69) is 12.1 Å². The first kappa shape index (κ1) is 15.9. The molecule has 0 N–H and O–H groups in total. The van der Waals surface area contributed by atoms with Crippen molar-refractivity contribution in [3.8, 4) is 5.75 Å². The molecule has 0 saturated heterocycles. The quantitative estimate of drug-likeness (QED) is 0.823. The number of nitrogens with zero attached hydrogens (tertiary/aromatic N) is 1. The first-order chi connectivity index (χ1) is 10.1. The number of hydrogen-bond acceptors (Lipinski definition) is 2. The van der Waals surface area contributed by atoms with Gasteiger partial charge in [-0.3, -0.25) is 4.79 Å². The molecule has 0 unspecified atom stereocenters. The molecule has 0 bridgehead atoms. The number of carbonyl (C=O) groups is 1. The highest BCUT2D eigenvalue weighted by Gasteiger charge is 2.21. The Morgan fingerprint density at radius 2 is 1.95 bits per heavy atom. The zero-order valence-electron chi connectivity index (χ0n) is 13.5. The van der Waals surface area contributed by atoms with Crippen molar-refractivity contribution in [1.82, 2.24) is 4.90 Å². The zero-order chi connectivity index (χ0) is 15.2. The van der Waals surface area contributed by atoms with Crippen molar-refractivity contribution in [2.45, 2.75) is 58.4 Å². The van der Waals surface area contributed by atoms with E-state index in [1.807, 2.05) is 31.9 Å². The largest absolute Gasteiger partial charge is 0.493 e. The molecule has 1 aromatic rings. The van der Waals surface area contributed by atoms with Crippen LogP contribution in [-0.4, -0.2) is 30.5 Å². The van der Waals surface area contributed by atoms with E-state index in [4.69, 9.17) is 4.74 Å². The van der Waals surface area contributed by atoms with Gasteiger partial charge in [0, 0.05) is 13.1 Å². The smallest absolute Gasteiger partial charge is 0.225 e. The Bertz CT molecular complexity index is 478. The number of ether oxygens (including phenoxy) is 1. The van der Waals surface area contributed by atoms with Crippen LogP contribution in [-0.2, 0) is 4.79 Å². The summed E-state index contributed by atoms with van der Waals surface area (Å²) in [6.45, 7) is 4.54. The predicted octanol–water partition coefficient (Wildman–Crippen LogP) is 3.86. The Morgan fingerprint density at radius 1 is 1.24 bits per heavy atom. The van der Waals surface area contributed by atoms with Crippen LogP contribution in [0.3, 0.4) is 0 Å². The Kier molecular flexibility index (Phi) is 5.66. The van der Waals surface area contributed by atoms with Crippen molar-refractivity contribution in [2.75, 3.05) is 13.7 Å². The summed E-state index contributed by atoms with van der Waals surface area (Å²) >= 11 is 0. The van der Waals surface area contributed by atoms with Crippen LogP contribution in [0.5, 0.6) is 5.75 Å². The molecule has 0 spiro atoms. The Morgan fingerprint density at radius 3 is 2.67 bits per heavy atom. The number of aryl methyl sites for hydroxylation is 2. The molecular formula is C18H27NO2. The molecule has 116 valence electrons. The molecule has 21 heavy (non-hydrogen) atoms. The van der Waals surface area contributed by atoms with Gasteiger partial charge in [-0.1, -0.05) is 31.4 Å². The van der Waals surface area contributed by atoms with E-state index >= 15 is 0 Å². The lowest BCUT2D eigenvalue weighted by Crippen LogP contribution is -2.38. The molecule has 1 saturated carbocycles. The first-order valence-electron chi connectivity index (χ1n) is 8.03. The molecule has 1 amide bonds. The fourth-order valence-corrected chi connectivity index (χ4v) is 2.96. The van der Waals surface area contributed by atoms with Gasteiger partial charge in [-0.05, 0) is 43.9 Å². The molecular weight excluding hydrogens is 262 g/mol. The Balaban J connectivity index is 1.79. The van der Waals surface area contributed by atoms with Crippen molar-refractivity contribution < 1.29 is 9.53 Å². The average Bonchev–Trinajstić information content (AvgIpc) is 2.50. The number of amides is 1. The summed E-state index contributed by atoms with van der Waals surface area (Å²) in [6, 6.07) is 6.60. The van der Waals surface area contributed by atoms with Crippen molar-refractivity contribution >= 4 is 5.91 Å². The lowest BCUT2D eigenvalue weighted by Gasteiger charge is -2.31. The standard InChI is InChI=1S/C18H27NO2/c1-14-9-10-15(2)17(13-14)21-12-11-18(20)19(3)16-7-5-4-6-8-16/h9-10,13,16H,4-8,11-12H2,1-3H3. The minimum Gasteiger partial charge on any atom is -0.493 e. The maximum atomic E-state index is 12.2. The van der Waals surface area contributed by atoms with Crippen LogP contribution in [0.4, 0.5) is 0 Å². The summed E-state index contributed by atoms with van der Waals surface area (Å²) < 4.78 is 5.78. The van der Waals surface area contributed by atoms with Gasteiger partial charge in [0.15, 0.2) is 0 Å². The van der Waals surface area contributed by atoms with E-state index in [1.165, 1.54) is 24.8 Å². The third-order valence-corrected chi connectivity index (χ3v) is 4.43. The van der Waals surface area contributed by atoms with E-state index in [0.29, 0.717) is 19.1 Å². The minimum atomic E-state index is 0.201. The monoisotopic (exact) mass is 289 g/mol. The maximum absolute atomic E-state index is 12.2. The van der Waals surface area contributed by atoms with Gasteiger partial charge in [-0.2, -0.15) is 0 Å². The Labute approximate surface area is 128 Å². The van der Waals surface area contributed by atoms with E-state index in [1.54, 1.807) is 0 Å². The molecule has 3 heteroatoms. The van der Waals surface area contributed by atoms with Crippen molar-refractivity contribution in [3.63, 3.8) is 0 Å². The van der Waals surface area contributed by atoms with E-state index < -0.39 is 0 Å². The van der Waals surface area contributed by atoms with Gasteiger partial charge in [-0.25, -0.2) is 0 Å². The molecule has 3 nitrogen and oxygen atoms in total. The second kappa shape index (κ2) is 7.48. The van der Waals surface area contributed by atoms with Crippen molar-refractivity contribution in [2.24, 2.45) is 0 Å². The van der Waals surface area contributed by atoms with Crippen molar-refractivity contribution in [3.05, 3.63) is 29.3 Å². The molecule has 0 heterocycles. The minimum absolute atomic E-state index is 0.201. The number of rotatable bonds is 5. The predicted molar refractivity (Wildman–Crippen MR) is 85.7 cm³/mol. The average molecular weight is 289 g/mol. The van der Waals surface area contributed by atoms with Crippen LogP contribution in [0.1, 0.15) is 49.7 Å². The summed E-state index contributed by atoms with van der Waals surface area (Å²) in [5.74, 6) is 1.09.